The molecule has 1 fully saturated rings. The van der Waals surface area contributed by atoms with Crippen LogP contribution in [0.3, 0.4) is 0 Å². The van der Waals surface area contributed by atoms with Gasteiger partial charge >= 0.3 is 0 Å². The third-order valence-corrected chi connectivity index (χ3v) is 6.65. The van der Waals surface area contributed by atoms with Crippen LogP contribution in [0.4, 0.5) is 16.5 Å². The molecular formula is C21H24N6O2S. The summed E-state index contributed by atoms with van der Waals surface area (Å²) in [5.74, 6) is -0.206. The molecule has 156 valence electrons. The first-order chi connectivity index (χ1) is 14.7. The highest BCUT2D eigenvalue weighted by atomic mass is 32.1. The van der Waals surface area contributed by atoms with Gasteiger partial charge in [0.2, 0.25) is 0 Å². The van der Waals surface area contributed by atoms with Crippen LogP contribution in [0.5, 0.6) is 0 Å². The molecule has 5 rings (SSSR count). The Morgan fingerprint density at radius 2 is 2.03 bits per heavy atom. The van der Waals surface area contributed by atoms with Gasteiger partial charge in [0.05, 0.1) is 23.7 Å². The van der Waals surface area contributed by atoms with E-state index in [0.29, 0.717) is 5.69 Å². The molecule has 2 aromatic heterocycles. The quantitative estimate of drug-likeness (QED) is 0.596. The van der Waals surface area contributed by atoms with Crippen molar-refractivity contribution in [3.05, 3.63) is 52.8 Å². The summed E-state index contributed by atoms with van der Waals surface area (Å²) in [6, 6.07) is 7.81. The maximum atomic E-state index is 12.9. The lowest BCUT2D eigenvalue weighted by Crippen LogP contribution is -2.36. The predicted molar refractivity (Wildman–Crippen MR) is 117 cm³/mol. The Morgan fingerprint density at radius 1 is 1.20 bits per heavy atom. The maximum Gasteiger partial charge on any atom is 0.275 e. The number of piperidine rings is 1. The Bertz CT molecular complexity index is 1040. The van der Waals surface area contributed by atoms with Gasteiger partial charge in [-0.15, -0.1) is 11.3 Å². The zero-order valence-corrected chi connectivity index (χ0v) is 17.4. The summed E-state index contributed by atoms with van der Waals surface area (Å²) in [7, 11) is 0. The zero-order chi connectivity index (χ0) is 20.5. The highest BCUT2D eigenvalue weighted by Crippen LogP contribution is 2.30. The predicted octanol–water partition coefficient (Wildman–Crippen LogP) is 2.64. The van der Waals surface area contributed by atoms with Crippen LogP contribution in [0.15, 0.2) is 35.8 Å². The van der Waals surface area contributed by atoms with Gasteiger partial charge < -0.3 is 20.2 Å². The van der Waals surface area contributed by atoms with Crippen LogP contribution in [0.1, 0.15) is 34.6 Å². The van der Waals surface area contributed by atoms with E-state index < -0.39 is 0 Å². The van der Waals surface area contributed by atoms with E-state index in [-0.39, 0.29) is 12.0 Å². The van der Waals surface area contributed by atoms with Crippen molar-refractivity contribution < 1.29 is 9.90 Å². The van der Waals surface area contributed by atoms with Crippen molar-refractivity contribution in [2.75, 3.05) is 34.8 Å². The molecule has 8 nitrogen and oxygen atoms in total. The Labute approximate surface area is 178 Å². The lowest BCUT2D eigenvalue weighted by Gasteiger charge is -2.32. The van der Waals surface area contributed by atoms with Gasteiger partial charge in [-0.2, -0.15) is 5.10 Å². The summed E-state index contributed by atoms with van der Waals surface area (Å²) in [4.78, 5) is 21.9. The van der Waals surface area contributed by atoms with E-state index >= 15 is 0 Å². The summed E-state index contributed by atoms with van der Waals surface area (Å²) >= 11 is 1.49. The molecule has 30 heavy (non-hydrogen) atoms. The van der Waals surface area contributed by atoms with E-state index in [4.69, 9.17) is 0 Å². The van der Waals surface area contributed by atoms with E-state index in [9.17, 15) is 9.90 Å². The Hall–Kier alpha value is -2.91. The second-order valence-corrected chi connectivity index (χ2v) is 8.59. The van der Waals surface area contributed by atoms with Crippen LogP contribution >= 0.6 is 11.3 Å². The number of carbonyl (C=O) groups is 1. The summed E-state index contributed by atoms with van der Waals surface area (Å²) in [6.07, 6.45) is 4.01. The van der Waals surface area contributed by atoms with Crippen molar-refractivity contribution in [1.29, 1.82) is 0 Å². The minimum atomic E-state index is -0.232. The molecule has 1 saturated heterocycles. The van der Waals surface area contributed by atoms with Gasteiger partial charge in [-0.25, -0.2) is 4.98 Å². The molecule has 1 amide bonds. The monoisotopic (exact) mass is 424 g/mol. The summed E-state index contributed by atoms with van der Waals surface area (Å²) in [6.45, 7) is 3.16. The third-order valence-electron chi connectivity index (χ3n) is 5.75. The lowest BCUT2D eigenvalue weighted by molar-refractivity contribution is 0.102. The van der Waals surface area contributed by atoms with Crippen LogP contribution in [0.2, 0.25) is 0 Å². The minimum absolute atomic E-state index is 0.206. The first-order valence-electron chi connectivity index (χ1n) is 10.2. The van der Waals surface area contributed by atoms with Gasteiger partial charge in [0.1, 0.15) is 5.69 Å². The van der Waals surface area contributed by atoms with Gasteiger partial charge in [-0.1, -0.05) is 12.1 Å². The van der Waals surface area contributed by atoms with Gasteiger partial charge in [-0.05, 0) is 25.0 Å². The lowest BCUT2D eigenvalue weighted by atomic mass is 10.1. The molecule has 0 atom stereocenters. The number of benzene rings is 1. The first kappa shape index (κ1) is 19.1. The molecule has 3 N–H and O–H groups in total. The van der Waals surface area contributed by atoms with Crippen LogP contribution in [0, 0.1) is 0 Å². The van der Waals surface area contributed by atoms with Crippen molar-refractivity contribution in [2.45, 2.75) is 31.9 Å². The van der Waals surface area contributed by atoms with Crippen LogP contribution in [0.25, 0.3) is 0 Å². The maximum absolute atomic E-state index is 12.9. The van der Waals surface area contributed by atoms with Gasteiger partial charge in [0.15, 0.2) is 5.13 Å². The number of thiazole rings is 1. The van der Waals surface area contributed by atoms with E-state index in [2.05, 4.69) is 30.3 Å². The third kappa shape index (κ3) is 3.78. The summed E-state index contributed by atoms with van der Waals surface area (Å²) in [5.41, 5.74) is 4.55. The van der Waals surface area contributed by atoms with Crippen molar-refractivity contribution in [1.82, 2.24) is 15.2 Å². The second kappa shape index (κ2) is 8.08. The fraction of sp³-hybridized carbons (Fsp3) is 0.381. The fourth-order valence-electron chi connectivity index (χ4n) is 4.05. The number of hydrogen-bond acceptors (Lipinski definition) is 7. The second-order valence-electron chi connectivity index (χ2n) is 7.75. The van der Waals surface area contributed by atoms with Gasteiger partial charge in [0.25, 0.3) is 5.91 Å². The van der Waals surface area contributed by atoms with Crippen molar-refractivity contribution in [2.24, 2.45) is 0 Å². The molecule has 0 radical (unpaired) electrons. The first-order valence-corrected chi connectivity index (χ1v) is 11.1. The molecule has 0 aliphatic carbocycles. The van der Waals surface area contributed by atoms with E-state index in [1.807, 2.05) is 35.8 Å². The SMILES string of the molecule is O=C(Nc1ccccc1N1CCC(O)CC1)c1csc(N2CCc3[nH]ncc3C2)n1. The molecule has 3 aromatic rings. The highest BCUT2D eigenvalue weighted by Gasteiger charge is 2.23. The molecule has 2 aliphatic heterocycles. The number of anilines is 3. The van der Waals surface area contributed by atoms with Crippen LogP contribution < -0.4 is 15.1 Å². The van der Waals surface area contributed by atoms with E-state index in [1.165, 1.54) is 22.6 Å². The number of nitrogens with zero attached hydrogens (tertiary/aromatic N) is 4. The molecule has 0 unspecified atom stereocenters. The average Bonchev–Trinajstić information content (AvgIpc) is 3.44. The molecule has 9 heteroatoms. The Balaban J connectivity index is 1.29. The Morgan fingerprint density at radius 3 is 2.90 bits per heavy atom. The van der Waals surface area contributed by atoms with Crippen molar-refractivity contribution >= 4 is 33.8 Å². The minimum Gasteiger partial charge on any atom is -0.393 e. The number of H-pyrrole nitrogens is 1. The number of aromatic amines is 1. The van der Waals surface area contributed by atoms with E-state index in [0.717, 1.165) is 61.9 Å². The average molecular weight is 425 g/mol. The molecule has 1 aromatic carbocycles. The molecule has 4 heterocycles. The number of aromatic nitrogens is 3. The molecule has 0 bridgehead atoms. The number of hydrogen-bond donors (Lipinski definition) is 3. The number of carbonyl (C=O) groups excluding carboxylic acids is 1. The van der Waals surface area contributed by atoms with Crippen LogP contribution in [-0.2, 0) is 13.0 Å². The number of aliphatic hydroxyl groups is 1. The number of fused-ring (bicyclic) bond motifs is 1. The number of para-hydroxylation sites is 2. The normalized spacial score (nSPS) is 17.1. The fourth-order valence-corrected chi connectivity index (χ4v) is 4.88. The Kier molecular flexibility index (Phi) is 5.14. The van der Waals surface area contributed by atoms with Crippen molar-refractivity contribution in [3.63, 3.8) is 0 Å². The number of aliphatic hydroxyl groups excluding tert-OH is 1. The topological polar surface area (TPSA) is 97.4 Å². The zero-order valence-electron chi connectivity index (χ0n) is 16.5. The summed E-state index contributed by atoms with van der Waals surface area (Å²) < 4.78 is 0. The van der Waals surface area contributed by atoms with Gasteiger partial charge in [-0.3, -0.25) is 9.89 Å². The standard InChI is InChI=1S/C21H24N6O2S/c28-15-5-8-26(9-6-15)19-4-2-1-3-17(19)23-20(29)18-13-30-21(24-18)27-10-7-16-14(12-27)11-22-25-16/h1-4,11,13,15,28H,5-10,12H2,(H,22,25)(H,23,29). The summed E-state index contributed by atoms with van der Waals surface area (Å²) in [5, 5.41) is 22.6. The molecular weight excluding hydrogens is 400 g/mol. The van der Waals surface area contributed by atoms with Crippen LogP contribution in [-0.4, -0.2) is 51.9 Å². The highest BCUT2D eigenvalue weighted by molar-refractivity contribution is 7.13. The number of rotatable bonds is 4. The van der Waals surface area contributed by atoms with Gasteiger partial charge in [0, 0.05) is 49.2 Å². The van der Waals surface area contributed by atoms with Crippen molar-refractivity contribution in [3.8, 4) is 0 Å². The molecule has 0 saturated carbocycles. The largest absolute Gasteiger partial charge is 0.393 e. The van der Waals surface area contributed by atoms with E-state index in [1.54, 1.807) is 0 Å². The smallest absolute Gasteiger partial charge is 0.275 e. The molecule has 0 spiro atoms. The number of nitrogens with one attached hydrogen (secondary N) is 2. The molecule has 2 aliphatic rings. The number of amides is 1.